The predicted molar refractivity (Wildman–Crippen MR) is 139 cm³/mol. The third-order valence-corrected chi connectivity index (χ3v) is 9.27. The number of fused-ring (bicyclic) bond motifs is 1. The molecule has 1 amide bonds. The third kappa shape index (κ3) is 3.96. The monoisotopic (exact) mass is 523 g/mol. The minimum absolute atomic E-state index is 0.325. The number of aliphatic hydroxyl groups is 2. The van der Waals surface area contributed by atoms with E-state index in [-0.39, 0.29) is 17.7 Å². The molecule has 2 aliphatic heterocycles. The zero-order valence-electron chi connectivity index (χ0n) is 22.5. The fourth-order valence-electron chi connectivity index (χ4n) is 7.27. The first-order valence-corrected chi connectivity index (χ1v) is 13.4. The molecule has 2 saturated heterocycles. The molecule has 204 valence electrons. The number of nitrogens with one attached hydrogen (secondary N) is 1. The molecule has 1 spiro atoms. The van der Waals surface area contributed by atoms with Crippen molar-refractivity contribution in [2.45, 2.75) is 83.5 Å². The molecule has 1 aromatic carbocycles. The Morgan fingerprint density at radius 3 is 2.53 bits per heavy atom. The molecular weight excluding hydrogens is 486 g/mol. The first-order valence-electron chi connectivity index (χ1n) is 13.4. The number of aliphatic hydroxyl groups excluding tert-OH is 1. The number of amides is 1. The highest BCUT2D eigenvalue weighted by molar-refractivity contribution is 5.91. The topological polar surface area (TPSA) is 125 Å². The molecule has 8 nitrogen and oxygen atoms in total. The van der Waals surface area contributed by atoms with Crippen molar-refractivity contribution in [2.75, 3.05) is 0 Å². The smallest absolute Gasteiger partial charge is 0.303 e. The Morgan fingerprint density at radius 1 is 1.18 bits per heavy atom. The van der Waals surface area contributed by atoms with Gasteiger partial charge in [-0.3, -0.25) is 14.4 Å². The predicted octanol–water partition coefficient (Wildman–Crippen LogP) is 2.27. The summed E-state index contributed by atoms with van der Waals surface area (Å²) in [5, 5.41) is 26.1. The summed E-state index contributed by atoms with van der Waals surface area (Å²) in [5.41, 5.74) is -0.550. The van der Waals surface area contributed by atoms with E-state index in [2.05, 4.69) is 5.32 Å². The van der Waals surface area contributed by atoms with Gasteiger partial charge in [-0.05, 0) is 44.7 Å². The molecular formula is C30H37NO7. The average molecular weight is 524 g/mol. The number of hydrogen-bond acceptors (Lipinski definition) is 7. The lowest BCUT2D eigenvalue weighted by atomic mass is 9.53. The second-order valence-corrected chi connectivity index (χ2v) is 11.6. The van der Waals surface area contributed by atoms with Gasteiger partial charge in [-0.15, -0.1) is 0 Å². The molecule has 5 rings (SSSR count). The van der Waals surface area contributed by atoms with Crippen LogP contribution in [0.4, 0.5) is 0 Å². The molecule has 0 saturated carbocycles. The van der Waals surface area contributed by atoms with Crippen molar-refractivity contribution >= 4 is 17.7 Å². The molecule has 3 N–H and O–H groups in total. The van der Waals surface area contributed by atoms with E-state index >= 15 is 0 Å². The fraction of sp³-hybridized carbons (Fsp3) is 0.567. The van der Waals surface area contributed by atoms with Crippen molar-refractivity contribution < 1.29 is 34.1 Å². The molecule has 2 fully saturated rings. The van der Waals surface area contributed by atoms with E-state index in [1.54, 1.807) is 19.1 Å². The SMILES string of the molecule is CC(=O)O[C@@H]1[C@@H]2O[C@H]2[C@@](C)(O)C(=O)[C@@H](C)C/C=C/[C@H]2[C@H](O)C(C)=C(C)[C@H]3[C@H](Cc4ccccc4)NC(=O)[C@]123. The van der Waals surface area contributed by atoms with Crippen molar-refractivity contribution in [3.63, 3.8) is 0 Å². The Bertz CT molecular complexity index is 1200. The summed E-state index contributed by atoms with van der Waals surface area (Å²) >= 11 is 0. The number of allylic oxidation sites excluding steroid dienone is 1. The third-order valence-electron chi connectivity index (χ3n) is 9.27. The summed E-state index contributed by atoms with van der Waals surface area (Å²) in [6, 6.07) is 9.51. The normalized spacial score (nSPS) is 43.2. The highest BCUT2D eigenvalue weighted by atomic mass is 16.6. The van der Waals surface area contributed by atoms with Crippen LogP contribution < -0.4 is 5.32 Å². The molecule has 2 heterocycles. The molecule has 4 aliphatic rings. The van der Waals surface area contributed by atoms with E-state index < -0.39 is 59.2 Å². The van der Waals surface area contributed by atoms with E-state index in [9.17, 15) is 24.6 Å². The van der Waals surface area contributed by atoms with Crippen molar-refractivity contribution in [3.05, 3.63) is 59.2 Å². The molecule has 38 heavy (non-hydrogen) atoms. The van der Waals surface area contributed by atoms with Crippen LogP contribution in [0.5, 0.6) is 0 Å². The highest BCUT2D eigenvalue weighted by Gasteiger charge is 2.73. The van der Waals surface area contributed by atoms with Gasteiger partial charge in [0.25, 0.3) is 0 Å². The minimum atomic E-state index is -1.82. The van der Waals surface area contributed by atoms with Crippen molar-refractivity contribution in [3.8, 4) is 0 Å². The van der Waals surface area contributed by atoms with Crippen LogP contribution in [-0.2, 0) is 30.3 Å². The van der Waals surface area contributed by atoms with Gasteiger partial charge < -0.3 is 25.0 Å². The second kappa shape index (κ2) is 9.43. The van der Waals surface area contributed by atoms with E-state index in [4.69, 9.17) is 9.47 Å². The lowest BCUT2D eigenvalue weighted by Gasteiger charge is -2.50. The summed E-state index contributed by atoms with van der Waals surface area (Å²) in [6.07, 6.45) is 0.510. The molecule has 0 aromatic heterocycles. The van der Waals surface area contributed by atoms with Gasteiger partial charge in [0.2, 0.25) is 5.91 Å². The largest absolute Gasteiger partial charge is 0.458 e. The molecule has 0 radical (unpaired) electrons. The molecule has 8 heteroatoms. The van der Waals surface area contributed by atoms with Crippen LogP contribution >= 0.6 is 0 Å². The summed E-state index contributed by atoms with van der Waals surface area (Å²) in [4.78, 5) is 40.0. The summed E-state index contributed by atoms with van der Waals surface area (Å²) < 4.78 is 11.9. The van der Waals surface area contributed by atoms with Crippen LogP contribution in [0.15, 0.2) is 53.6 Å². The zero-order chi connectivity index (χ0) is 27.6. The van der Waals surface area contributed by atoms with Crippen molar-refractivity contribution in [2.24, 2.45) is 23.2 Å². The number of epoxide rings is 1. The standard InChI is InChI=1S/C30H37NO7/c1-15-10-9-13-20-23(33)17(3)16(2)22-21(14-19-11-7-6-8-12-19)31-28(35)30(20,22)27(37-18(4)32)24-26(38-24)29(5,36)25(15)34/h6-9,11-13,15,20-24,26-27,33,36H,10,14H2,1-5H3,(H,31,35)/b13-9+/t15-,20-,21-,22-,23+,24+,26+,27+,29-,30+/m0/s1. The van der Waals surface area contributed by atoms with E-state index in [0.717, 1.165) is 16.7 Å². The van der Waals surface area contributed by atoms with E-state index in [1.807, 2.05) is 44.2 Å². The van der Waals surface area contributed by atoms with Gasteiger partial charge in [-0.25, -0.2) is 0 Å². The van der Waals surface area contributed by atoms with Crippen LogP contribution in [0.2, 0.25) is 0 Å². The van der Waals surface area contributed by atoms with Gasteiger partial charge in [0, 0.05) is 30.7 Å². The molecule has 10 atom stereocenters. The van der Waals surface area contributed by atoms with Crippen LogP contribution in [0, 0.1) is 23.2 Å². The minimum Gasteiger partial charge on any atom is -0.458 e. The van der Waals surface area contributed by atoms with Crippen molar-refractivity contribution in [1.29, 1.82) is 0 Å². The molecule has 0 bridgehead atoms. The zero-order valence-corrected chi connectivity index (χ0v) is 22.5. The second-order valence-electron chi connectivity index (χ2n) is 11.6. The van der Waals surface area contributed by atoms with Gasteiger partial charge >= 0.3 is 5.97 Å². The van der Waals surface area contributed by atoms with Gasteiger partial charge in [-0.1, -0.05) is 55.0 Å². The number of carbonyl (C=O) groups excluding carboxylic acids is 3. The van der Waals surface area contributed by atoms with Crippen LogP contribution in [-0.4, -0.2) is 63.9 Å². The lowest BCUT2D eigenvalue weighted by Crippen LogP contribution is -2.60. The van der Waals surface area contributed by atoms with Crippen LogP contribution in [0.1, 0.15) is 46.6 Å². The van der Waals surface area contributed by atoms with E-state index in [0.29, 0.717) is 12.8 Å². The Labute approximate surface area is 223 Å². The molecule has 1 aromatic rings. The van der Waals surface area contributed by atoms with Crippen LogP contribution in [0.3, 0.4) is 0 Å². The Kier molecular flexibility index (Phi) is 6.65. The summed E-state index contributed by atoms with van der Waals surface area (Å²) in [5.74, 6) is -2.99. The number of ether oxygens (including phenoxy) is 2. The number of carbonyl (C=O) groups is 3. The van der Waals surface area contributed by atoms with Crippen molar-refractivity contribution in [1.82, 2.24) is 5.32 Å². The number of Topliss-reactive ketones (excluding diaryl/α,β-unsaturated/α-hetero) is 1. The Hall–Kier alpha value is -2.81. The number of benzene rings is 1. The summed E-state index contributed by atoms with van der Waals surface area (Å²) in [6.45, 7) is 8.23. The number of hydrogen-bond donors (Lipinski definition) is 3. The maximum absolute atomic E-state index is 14.3. The quantitative estimate of drug-likeness (QED) is 0.315. The number of rotatable bonds is 3. The Morgan fingerprint density at radius 2 is 1.87 bits per heavy atom. The molecule has 2 aliphatic carbocycles. The first-order chi connectivity index (χ1) is 17.9. The fourth-order valence-corrected chi connectivity index (χ4v) is 7.27. The number of esters is 1. The number of ketones is 1. The van der Waals surface area contributed by atoms with Crippen LogP contribution in [0.25, 0.3) is 0 Å². The first kappa shape index (κ1) is 26.8. The lowest BCUT2D eigenvalue weighted by molar-refractivity contribution is -0.169. The van der Waals surface area contributed by atoms with Gasteiger partial charge in [0.1, 0.15) is 29.3 Å². The maximum atomic E-state index is 14.3. The highest BCUT2D eigenvalue weighted by Crippen LogP contribution is 2.60. The van der Waals surface area contributed by atoms with Gasteiger partial charge in [0.05, 0.1) is 6.10 Å². The Balaban J connectivity index is 1.72. The van der Waals surface area contributed by atoms with E-state index in [1.165, 1.54) is 13.8 Å². The summed E-state index contributed by atoms with van der Waals surface area (Å²) in [7, 11) is 0. The van der Waals surface area contributed by atoms with Gasteiger partial charge in [0.15, 0.2) is 5.78 Å². The maximum Gasteiger partial charge on any atom is 0.303 e. The van der Waals surface area contributed by atoms with Gasteiger partial charge in [-0.2, -0.15) is 0 Å². The molecule has 0 unspecified atom stereocenters. The average Bonchev–Trinajstić information content (AvgIpc) is 3.62.